The number of rotatable bonds is 8. The molecule has 2 N–H and O–H groups in total. The maximum Gasteiger partial charge on any atom is 0.325 e. The van der Waals surface area contributed by atoms with Crippen molar-refractivity contribution in [3.63, 3.8) is 0 Å². The Balaban J connectivity index is 1.56. The zero-order chi connectivity index (χ0) is 19.3. The SMILES string of the molecule is O=C(COc1ccccc1)NCC(=O)OCC(=O)NC1CCCCCCC1. The third-order valence-electron chi connectivity index (χ3n) is 4.38. The smallest absolute Gasteiger partial charge is 0.325 e. The van der Waals surface area contributed by atoms with Gasteiger partial charge in [0.2, 0.25) is 0 Å². The zero-order valence-corrected chi connectivity index (χ0v) is 15.6. The van der Waals surface area contributed by atoms with Crippen molar-refractivity contribution in [2.24, 2.45) is 0 Å². The highest BCUT2D eigenvalue weighted by atomic mass is 16.5. The van der Waals surface area contributed by atoms with E-state index in [0.29, 0.717) is 5.75 Å². The minimum atomic E-state index is -0.657. The lowest BCUT2D eigenvalue weighted by atomic mass is 9.97. The van der Waals surface area contributed by atoms with E-state index in [2.05, 4.69) is 10.6 Å². The summed E-state index contributed by atoms with van der Waals surface area (Å²) in [4.78, 5) is 35.2. The summed E-state index contributed by atoms with van der Waals surface area (Å²) in [6, 6.07) is 9.06. The largest absolute Gasteiger partial charge is 0.484 e. The number of carbonyl (C=O) groups excluding carboxylic acids is 3. The predicted octanol–water partition coefficient (Wildman–Crippen LogP) is 1.95. The van der Waals surface area contributed by atoms with E-state index in [4.69, 9.17) is 9.47 Å². The number of esters is 1. The van der Waals surface area contributed by atoms with Crippen LogP contribution in [-0.4, -0.2) is 43.6 Å². The first-order chi connectivity index (χ1) is 13.1. The fraction of sp³-hybridized carbons (Fsp3) is 0.550. The lowest BCUT2D eigenvalue weighted by Gasteiger charge is -2.20. The van der Waals surface area contributed by atoms with Crippen LogP contribution < -0.4 is 15.4 Å². The molecule has 1 aliphatic rings. The van der Waals surface area contributed by atoms with E-state index in [-0.39, 0.29) is 31.7 Å². The van der Waals surface area contributed by atoms with Crippen molar-refractivity contribution in [1.29, 1.82) is 0 Å². The lowest BCUT2D eigenvalue weighted by Crippen LogP contribution is -2.39. The molecular formula is C20H28N2O5. The Morgan fingerprint density at radius 2 is 1.56 bits per heavy atom. The molecule has 148 valence electrons. The molecule has 1 aliphatic carbocycles. The summed E-state index contributed by atoms with van der Waals surface area (Å²) < 4.78 is 10.2. The fourth-order valence-electron chi connectivity index (χ4n) is 2.95. The van der Waals surface area contributed by atoms with Crippen LogP contribution >= 0.6 is 0 Å². The minimum absolute atomic E-state index is 0.159. The van der Waals surface area contributed by atoms with Crippen LogP contribution in [0.15, 0.2) is 30.3 Å². The van der Waals surface area contributed by atoms with Gasteiger partial charge in [-0.05, 0) is 25.0 Å². The lowest BCUT2D eigenvalue weighted by molar-refractivity contribution is -0.148. The minimum Gasteiger partial charge on any atom is -0.484 e. The van der Waals surface area contributed by atoms with Crippen molar-refractivity contribution in [2.45, 2.75) is 51.0 Å². The van der Waals surface area contributed by atoms with Gasteiger partial charge in [0.05, 0.1) is 0 Å². The molecule has 0 heterocycles. The zero-order valence-electron chi connectivity index (χ0n) is 15.6. The molecule has 0 unspecified atom stereocenters. The average Bonchev–Trinajstić information content (AvgIpc) is 2.66. The molecule has 1 fully saturated rings. The van der Waals surface area contributed by atoms with E-state index in [1.807, 2.05) is 6.07 Å². The van der Waals surface area contributed by atoms with Gasteiger partial charge >= 0.3 is 5.97 Å². The first-order valence-corrected chi connectivity index (χ1v) is 9.53. The summed E-state index contributed by atoms with van der Waals surface area (Å²) >= 11 is 0. The Morgan fingerprint density at radius 1 is 0.889 bits per heavy atom. The Labute approximate surface area is 159 Å². The molecule has 7 nitrogen and oxygen atoms in total. The van der Waals surface area contributed by atoms with Gasteiger partial charge in [-0.3, -0.25) is 14.4 Å². The van der Waals surface area contributed by atoms with E-state index < -0.39 is 11.9 Å². The second-order valence-corrected chi connectivity index (χ2v) is 6.65. The van der Waals surface area contributed by atoms with Gasteiger partial charge in [-0.2, -0.15) is 0 Å². The molecule has 0 aliphatic heterocycles. The first-order valence-electron chi connectivity index (χ1n) is 9.53. The van der Waals surface area contributed by atoms with Crippen molar-refractivity contribution in [3.05, 3.63) is 30.3 Å². The molecule has 1 aromatic rings. The van der Waals surface area contributed by atoms with Crippen LogP contribution in [0.25, 0.3) is 0 Å². The summed E-state index contributed by atoms with van der Waals surface area (Å²) in [7, 11) is 0. The van der Waals surface area contributed by atoms with Gasteiger partial charge < -0.3 is 20.1 Å². The predicted molar refractivity (Wildman–Crippen MR) is 100 cm³/mol. The van der Waals surface area contributed by atoms with Gasteiger partial charge in [-0.1, -0.05) is 50.3 Å². The van der Waals surface area contributed by atoms with Gasteiger partial charge in [0.25, 0.3) is 11.8 Å². The van der Waals surface area contributed by atoms with Gasteiger partial charge in [0.15, 0.2) is 13.2 Å². The third kappa shape index (κ3) is 9.08. The summed E-state index contributed by atoms with van der Waals surface area (Å²) in [5.74, 6) is -0.820. The number of ether oxygens (including phenoxy) is 2. The monoisotopic (exact) mass is 376 g/mol. The second-order valence-electron chi connectivity index (χ2n) is 6.65. The van der Waals surface area contributed by atoms with Crippen molar-refractivity contribution in [3.8, 4) is 5.75 Å². The maximum absolute atomic E-state index is 11.9. The average molecular weight is 376 g/mol. The molecule has 0 bridgehead atoms. The number of para-hydroxylation sites is 1. The number of nitrogens with one attached hydrogen (secondary N) is 2. The molecule has 1 saturated carbocycles. The van der Waals surface area contributed by atoms with Crippen molar-refractivity contribution in [2.75, 3.05) is 19.8 Å². The fourth-order valence-corrected chi connectivity index (χ4v) is 2.95. The van der Waals surface area contributed by atoms with Crippen LogP contribution in [0.2, 0.25) is 0 Å². The summed E-state index contributed by atoms with van der Waals surface area (Å²) in [5.41, 5.74) is 0. The van der Waals surface area contributed by atoms with Gasteiger partial charge in [-0.15, -0.1) is 0 Å². The number of benzene rings is 1. The van der Waals surface area contributed by atoms with E-state index in [1.165, 1.54) is 19.3 Å². The number of hydrogen-bond donors (Lipinski definition) is 2. The van der Waals surface area contributed by atoms with E-state index in [0.717, 1.165) is 25.7 Å². The molecule has 0 saturated heterocycles. The van der Waals surface area contributed by atoms with E-state index in [9.17, 15) is 14.4 Å². The summed E-state index contributed by atoms with van der Waals surface area (Å²) in [6.45, 7) is -0.821. The van der Waals surface area contributed by atoms with Gasteiger partial charge in [-0.25, -0.2) is 0 Å². The van der Waals surface area contributed by atoms with Crippen molar-refractivity contribution in [1.82, 2.24) is 10.6 Å². The standard InChI is InChI=1S/C20H28N2O5/c23-18(14-26-17-11-7-4-8-12-17)21-13-20(25)27-15-19(24)22-16-9-5-2-1-3-6-10-16/h4,7-8,11-12,16H,1-3,5-6,9-10,13-15H2,(H,21,23)(H,22,24). The van der Waals surface area contributed by atoms with Crippen molar-refractivity contribution < 1.29 is 23.9 Å². The number of amides is 2. The third-order valence-corrected chi connectivity index (χ3v) is 4.38. The Morgan fingerprint density at radius 3 is 2.26 bits per heavy atom. The Bertz CT molecular complexity index is 598. The maximum atomic E-state index is 11.9. The van der Waals surface area contributed by atoms with Crippen LogP contribution in [-0.2, 0) is 19.1 Å². The van der Waals surface area contributed by atoms with Crippen LogP contribution in [0.4, 0.5) is 0 Å². The highest BCUT2D eigenvalue weighted by Crippen LogP contribution is 2.16. The quantitative estimate of drug-likeness (QED) is 0.677. The highest BCUT2D eigenvalue weighted by molar-refractivity contribution is 5.84. The van der Waals surface area contributed by atoms with Crippen LogP contribution in [0, 0.1) is 0 Å². The Hall–Kier alpha value is -2.57. The summed E-state index contributed by atoms with van der Waals surface area (Å²) in [6.07, 6.45) is 7.84. The molecule has 27 heavy (non-hydrogen) atoms. The highest BCUT2D eigenvalue weighted by Gasteiger charge is 2.15. The van der Waals surface area contributed by atoms with Crippen LogP contribution in [0.1, 0.15) is 44.9 Å². The first kappa shape index (κ1) is 20.7. The number of carbonyl (C=O) groups is 3. The molecule has 0 aromatic heterocycles. The molecule has 0 spiro atoms. The van der Waals surface area contributed by atoms with E-state index >= 15 is 0 Å². The molecule has 2 rings (SSSR count). The normalized spacial score (nSPS) is 15.1. The molecular weight excluding hydrogens is 348 g/mol. The second kappa shape index (κ2) is 11.9. The van der Waals surface area contributed by atoms with Crippen LogP contribution in [0.5, 0.6) is 5.75 Å². The van der Waals surface area contributed by atoms with Crippen LogP contribution in [0.3, 0.4) is 0 Å². The Kier molecular flexibility index (Phi) is 9.17. The summed E-state index contributed by atoms with van der Waals surface area (Å²) in [5, 5.41) is 5.32. The molecule has 0 radical (unpaired) electrons. The molecule has 2 amide bonds. The number of hydrogen-bond acceptors (Lipinski definition) is 5. The molecule has 0 atom stereocenters. The topological polar surface area (TPSA) is 93.7 Å². The molecule has 7 heteroatoms. The van der Waals surface area contributed by atoms with Crippen molar-refractivity contribution >= 4 is 17.8 Å². The molecule has 1 aromatic carbocycles. The van der Waals surface area contributed by atoms with E-state index in [1.54, 1.807) is 24.3 Å². The van der Waals surface area contributed by atoms with Gasteiger partial charge in [0, 0.05) is 6.04 Å². The van der Waals surface area contributed by atoms with Gasteiger partial charge in [0.1, 0.15) is 12.3 Å².